The first-order valence-corrected chi connectivity index (χ1v) is 9.03. The van der Waals surface area contributed by atoms with E-state index in [-0.39, 0.29) is 16.1 Å². The summed E-state index contributed by atoms with van der Waals surface area (Å²) >= 11 is 18.3. The summed E-state index contributed by atoms with van der Waals surface area (Å²) in [6.07, 6.45) is 0. The molecule has 0 spiro atoms. The van der Waals surface area contributed by atoms with Crippen LogP contribution >= 0.6 is 34.8 Å². The van der Waals surface area contributed by atoms with E-state index in [1.165, 1.54) is 0 Å². The lowest BCUT2D eigenvalue weighted by Gasteiger charge is -2.27. The van der Waals surface area contributed by atoms with Gasteiger partial charge in [0.25, 0.3) is 0 Å². The minimum Gasteiger partial charge on any atom is -0.379 e. The first-order valence-electron chi connectivity index (χ1n) is 7.90. The van der Waals surface area contributed by atoms with Crippen LogP contribution in [0.2, 0.25) is 15.2 Å². The van der Waals surface area contributed by atoms with E-state index in [9.17, 15) is 0 Å². The van der Waals surface area contributed by atoms with E-state index in [0.717, 1.165) is 0 Å². The van der Waals surface area contributed by atoms with Crippen molar-refractivity contribution >= 4 is 51.7 Å². The number of halogens is 3. The summed E-state index contributed by atoms with van der Waals surface area (Å²) in [5.41, 5.74) is 6.66. The molecule has 5 nitrogen and oxygen atoms in total. The fourth-order valence-electron chi connectivity index (χ4n) is 2.11. The molecule has 0 saturated heterocycles. The summed E-state index contributed by atoms with van der Waals surface area (Å²) in [6.45, 7) is 9.69. The van der Waals surface area contributed by atoms with E-state index in [4.69, 9.17) is 45.3 Å². The van der Waals surface area contributed by atoms with Gasteiger partial charge in [-0.05, 0) is 26.0 Å². The fraction of sp³-hybridized carbons (Fsp3) is 0.529. The number of ether oxygens (including phenoxy) is 1. The molecule has 3 N–H and O–H groups in total. The zero-order valence-corrected chi connectivity index (χ0v) is 17.1. The van der Waals surface area contributed by atoms with Gasteiger partial charge in [0, 0.05) is 17.5 Å². The summed E-state index contributed by atoms with van der Waals surface area (Å²) in [4.78, 5) is 8.81. The number of nitrogens with one attached hydrogen (secondary N) is 1. The van der Waals surface area contributed by atoms with Gasteiger partial charge in [0.05, 0.1) is 34.3 Å². The average Bonchev–Trinajstić information content (AvgIpc) is 2.45. The number of rotatable bonds is 7. The molecule has 0 saturated carbocycles. The summed E-state index contributed by atoms with van der Waals surface area (Å²) in [5.74, 6) is 0.500. The Hall–Kier alpha value is -0.850. The molecular formula is C17H23Cl3N4O. The van der Waals surface area contributed by atoms with Crippen LogP contribution in [0.1, 0.15) is 27.7 Å². The minimum absolute atomic E-state index is 0.136. The first-order chi connectivity index (χ1) is 11.5. The van der Waals surface area contributed by atoms with Gasteiger partial charge in [-0.15, -0.1) is 0 Å². The Labute approximate surface area is 163 Å². The Morgan fingerprint density at radius 1 is 1.00 bits per heavy atom. The zero-order valence-electron chi connectivity index (χ0n) is 14.8. The summed E-state index contributed by atoms with van der Waals surface area (Å²) in [5, 5.41) is 4.36. The summed E-state index contributed by atoms with van der Waals surface area (Å²) < 4.78 is 5.71. The molecule has 1 heterocycles. The predicted molar refractivity (Wildman–Crippen MR) is 106 cm³/mol. The highest BCUT2D eigenvalue weighted by Gasteiger charge is 2.21. The number of fused-ring (bicyclic) bond motifs is 1. The number of aromatic nitrogens is 2. The lowest BCUT2D eigenvalue weighted by molar-refractivity contribution is 0.0440. The second kappa shape index (κ2) is 7.80. The lowest BCUT2D eigenvalue weighted by atomic mass is 9.95. The van der Waals surface area contributed by atoms with Gasteiger partial charge in [-0.25, -0.2) is 9.97 Å². The van der Waals surface area contributed by atoms with Crippen LogP contribution in [0.15, 0.2) is 12.1 Å². The van der Waals surface area contributed by atoms with Crippen LogP contribution < -0.4 is 11.1 Å². The van der Waals surface area contributed by atoms with Crippen molar-refractivity contribution in [2.75, 3.05) is 25.1 Å². The number of hydrogen-bond acceptors (Lipinski definition) is 5. The normalized spacial score (nSPS) is 12.6. The van der Waals surface area contributed by atoms with Gasteiger partial charge >= 0.3 is 0 Å². The fourth-order valence-corrected chi connectivity index (χ4v) is 2.62. The van der Waals surface area contributed by atoms with Crippen LogP contribution in [-0.4, -0.2) is 35.3 Å². The topological polar surface area (TPSA) is 73.1 Å². The third kappa shape index (κ3) is 6.12. The predicted octanol–water partition coefficient (Wildman–Crippen LogP) is 4.78. The van der Waals surface area contributed by atoms with E-state index in [1.807, 2.05) is 13.8 Å². The molecule has 0 atom stereocenters. The highest BCUT2D eigenvalue weighted by atomic mass is 35.5. The van der Waals surface area contributed by atoms with Gasteiger partial charge in [0.2, 0.25) is 0 Å². The zero-order chi connectivity index (χ0) is 18.8. The Kier molecular flexibility index (Phi) is 6.39. The van der Waals surface area contributed by atoms with E-state index in [2.05, 4.69) is 29.1 Å². The largest absolute Gasteiger partial charge is 0.379 e. The molecule has 1 aromatic carbocycles. The van der Waals surface area contributed by atoms with Crippen molar-refractivity contribution in [3.63, 3.8) is 0 Å². The first kappa shape index (κ1) is 20.5. The van der Waals surface area contributed by atoms with Crippen molar-refractivity contribution in [3.8, 4) is 0 Å². The highest BCUT2D eigenvalue weighted by Crippen LogP contribution is 2.29. The van der Waals surface area contributed by atoms with Gasteiger partial charge in [0.1, 0.15) is 0 Å². The Bertz CT molecular complexity index is 760. The molecule has 2 rings (SSSR count). The number of hydrogen-bond donors (Lipinski definition) is 2. The van der Waals surface area contributed by atoms with Crippen LogP contribution in [0.3, 0.4) is 0 Å². The van der Waals surface area contributed by atoms with Crippen molar-refractivity contribution < 1.29 is 4.74 Å². The van der Waals surface area contributed by atoms with Gasteiger partial charge < -0.3 is 15.8 Å². The average molecular weight is 406 g/mol. The Morgan fingerprint density at radius 3 is 2.12 bits per heavy atom. The molecule has 2 aromatic rings. The summed E-state index contributed by atoms with van der Waals surface area (Å²) in [6, 6.07) is 3.32. The van der Waals surface area contributed by atoms with Crippen LogP contribution in [-0.2, 0) is 4.74 Å². The molecule has 1 aromatic heterocycles. The van der Waals surface area contributed by atoms with E-state index in [0.29, 0.717) is 46.7 Å². The van der Waals surface area contributed by atoms with E-state index in [1.54, 1.807) is 12.1 Å². The van der Waals surface area contributed by atoms with Crippen molar-refractivity contribution in [1.82, 2.24) is 9.97 Å². The molecule has 25 heavy (non-hydrogen) atoms. The lowest BCUT2D eigenvalue weighted by Crippen LogP contribution is -2.39. The SMILES string of the molecule is CC(C)(N)COCC(C)(C)CNc1nc2cc(Cl)c(Cl)cc2nc1Cl. The van der Waals surface area contributed by atoms with E-state index < -0.39 is 0 Å². The molecule has 0 bridgehead atoms. The van der Waals surface area contributed by atoms with Crippen molar-refractivity contribution in [3.05, 3.63) is 27.3 Å². The second-order valence-corrected chi connectivity index (χ2v) is 8.79. The maximum Gasteiger partial charge on any atom is 0.172 e. The quantitative estimate of drug-likeness (QED) is 0.693. The molecule has 0 radical (unpaired) electrons. The molecule has 8 heteroatoms. The van der Waals surface area contributed by atoms with Gasteiger partial charge in [-0.1, -0.05) is 48.7 Å². The van der Waals surface area contributed by atoms with Crippen LogP contribution in [0.4, 0.5) is 5.82 Å². The number of benzene rings is 1. The second-order valence-electron chi connectivity index (χ2n) is 7.62. The van der Waals surface area contributed by atoms with Crippen molar-refractivity contribution in [1.29, 1.82) is 0 Å². The number of nitrogens with zero attached hydrogens (tertiary/aromatic N) is 2. The van der Waals surface area contributed by atoms with Crippen molar-refractivity contribution in [2.45, 2.75) is 33.2 Å². The molecule has 138 valence electrons. The molecule has 0 aliphatic rings. The van der Waals surface area contributed by atoms with Crippen LogP contribution in [0.5, 0.6) is 0 Å². The monoisotopic (exact) mass is 404 g/mol. The van der Waals surface area contributed by atoms with Gasteiger partial charge in [-0.2, -0.15) is 0 Å². The molecule has 0 aliphatic carbocycles. The number of anilines is 1. The molecule has 0 fully saturated rings. The molecule has 0 amide bonds. The van der Waals surface area contributed by atoms with Crippen molar-refractivity contribution in [2.24, 2.45) is 11.1 Å². The third-order valence-electron chi connectivity index (χ3n) is 3.37. The standard InChI is InChI=1S/C17H23Cl3N4O/c1-16(2,8-25-9-17(3,4)21)7-22-15-14(20)23-12-5-10(18)11(19)6-13(12)24-15/h5-6H,7-9,21H2,1-4H3,(H,22,24). The minimum atomic E-state index is -0.350. The Morgan fingerprint density at radius 2 is 1.56 bits per heavy atom. The van der Waals surface area contributed by atoms with Gasteiger partial charge in [-0.3, -0.25) is 0 Å². The molecule has 0 aliphatic heterocycles. The number of nitrogens with two attached hydrogens (primary N) is 1. The van der Waals surface area contributed by atoms with Crippen LogP contribution in [0.25, 0.3) is 11.0 Å². The maximum absolute atomic E-state index is 6.23. The smallest absolute Gasteiger partial charge is 0.172 e. The molecular weight excluding hydrogens is 383 g/mol. The highest BCUT2D eigenvalue weighted by molar-refractivity contribution is 6.42. The maximum atomic E-state index is 6.23. The third-order valence-corrected chi connectivity index (χ3v) is 4.35. The summed E-state index contributed by atoms with van der Waals surface area (Å²) in [7, 11) is 0. The Balaban J connectivity index is 2.06. The van der Waals surface area contributed by atoms with Crippen LogP contribution in [0, 0.1) is 5.41 Å². The molecule has 0 unspecified atom stereocenters. The van der Waals surface area contributed by atoms with Gasteiger partial charge in [0.15, 0.2) is 11.0 Å². The van der Waals surface area contributed by atoms with E-state index >= 15 is 0 Å².